The zero-order valence-corrected chi connectivity index (χ0v) is 14.6. The van der Waals surface area contributed by atoms with Crippen molar-refractivity contribution in [1.29, 1.82) is 0 Å². The van der Waals surface area contributed by atoms with Crippen LogP contribution in [0.2, 0.25) is 0 Å². The maximum atomic E-state index is 5.35. The first-order chi connectivity index (χ1) is 12.2. The van der Waals surface area contributed by atoms with E-state index >= 15 is 0 Å². The molecule has 0 bridgehead atoms. The zero-order chi connectivity index (χ0) is 17.2. The molecule has 1 aliphatic rings. The summed E-state index contributed by atoms with van der Waals surface area (Å²) in [6, 6.07) is 14.3. The highest BCUT2D eigenvalue weighted by molar-refractivity contribution is 5.65. The van der Waals surface area contributed by atoms with Crippen LogP contribution in [-0.2, 0) is 19.5 Å². The number of nitrogens with zero attached hydrogens (tertiary/aromatic N) is 3. The summed E-state index contributed by atoms with van der Waals surface area (Å²) in [6.07, 6.45) is 0.984. The molecule has 1 N–H and O–H groups in total. The fourth-order valence-corrected chi connectivity index (χ4v) is 3.41. The van der Waals surface area contributed by atoms with Gasteiger partial charge in [-0.25, -0.2) is 0 Å². The van der Waals surface area contributed by atoms with Gasteiger partial charge in [0, 0.05) is 48.6 Å². The molecule has 128 valence electrons. The SMILES string of the molecule is COc1cccc(-c2n[nH]c3c2CN(Cc2cccc(C)n2)CC3)c1. The average Bonchev–Trinajstić information content (AvgIpc) is 3.05. The minimum atomic E-state index is 0.853. The van der Waals surface area contributed by atoms with Crippen molar-refractivity contribution in [3.63, 3.8) is 0 Å². The summed E-state index contributed by atoms with van der Waals surface area (Å²) in [7, 11) is 1.69. The number of H-pyrrole nitrogens is 1. The summed E-state index contributed by atoms with van der Waals surface area (Å²) in [5.74, 6) is 0.853. The van der Waals surface area contributed by atoms with Crippen LogP contribution in [0.3, 0.4) is 0 Å². The van der Waals surface area contributed by atoms with Crippen LogP contribution in [0, 0.1) is 6.92 Å². The Bertz CT molecular complexity index is 887. The lowest BCUT2D eigenvalue weighted by Crippen LogP contribution is -2.30. The van der Waals surface area contributed by atoms with Gasteiger partial charge in [0.2, 0.25) is 0 Å². The molecule has 0 spiro atoms. The van der Waals surface area contributed by atoms with Gasteiger partial charge >= 0.3 is 0 Å². The Hall–Kier alpha value is -2.66. The van der Waals surface area contributed by atoms with Gasteiger partial charge in [-0.05, 0) is 31.2 Å². The van der Waals surface area contributed by atoms with Crippen LogP contribution >= 0.6 is 0 Å². The first-order valence-electron chi connectivity index (χ1n) is 8.58. The number of fused-ring (bicyclic) bond motifs is 1. The minimum Gasteiger partial charge on any atom is -0.497 e. The predicted octanol–water partition coefficient (Wildman–Crippen LogP) is 3.35. The normalized spacial score (nSPS) is 14.3. The van der Waals surface area contributed by atoms with Gasteiger partial charge in [-0.3, -0.25) is 15.0 Å². The Balaban J connectivity index is 1.59. The molecule has 0 aliphatic carbocycles. The largest absolute Gasteiger partial charge is 0.497 e. The Kier molecular flexibility index (Phi) is 4.24. The van der Waals surface area contributed by atoms with E-state index in [2.05, 4.69) is 38.3 Å². The first-order valence-corrected chi connectivity index (χ1v) is 8.58. The molecule has 0 fully saturated rings. The van der Waals surface area contributed by atoms with E-state index in [4.69, 9.17) is 4.74 Å². The van der Waals surface area contributed by atoms with E-state index in [0.717, 1.165) is 54.4 Å². The quantitative estimate of drug-likeness (QED) is 0.795. The molecular weight excluding hydrogens is 312 g/mol. The van der Waals surface area contributed by atoms with Crippen LogP contribution in [-0.4, -0.2) is 33.7 Å². The lowest BCUT2D eigenvalue weighted by Gasteiger charge is -2.26. The molecule has 0 saturated carbocycles. The molecule has 5 heteroatoms. The molecule has 2 aromatic heterocycles. The van der Waals surface area contributed by atoms with Gasteiger partial charge in [0.15, 0.2) is 0 Å². The molecule has 0 saturated heterocycles. The second-order valence-electron chi connectivity index (χ2n) is 6.49. The van der Waals surface area contributed by atoms with Crippen molar-refractivity contribution in [2.45, 2.75) is 26.4 Å². The number of ether oxygens (including phenoxy) is 1. The molecule has 1 aliphatic heterocycles. The Morgan fingerprint density at radius 2 is 2.08 bits per heavy atom. The standard InChI is InChI=1S/C20H22N4O/c1-14-5-3-7-16(21-14)12-24-10-9-19-18(13-24)20(23-22-19)15-6-4-8-17(11-15)25-2/h3-8,11H,9-10,12-13H2,1-2H3,(H,22,23). The highest BCUT2D eigenvalue weighted by Crippen LogP contribution is 2.30. The van der Waals surface area contributed by atoms with Crippen LogP contribution < -0.4 is 4.74 Å². The van der Waals surface area contributed by atoms with Crippen LogP contribution in [0.1, 0.15) is 22.6 Å². The summed E-state index contributed by atoms with van der Waals surface area (Å²) in [4.78, 5) is 7.07. The molecule has 0 amide bonds. The number of rotatable bonds is 4. The number of methoxy groups -OCH3 is 1. The third kappa shape index (κ3) is 3.28. The van der Waals surface area contributed by atoms with E-state index in [0.29, 0.717) is 0 Å². The molecule has 25 heavy (non-hydrogen) atoms. The molecule has 3 heterocycles. The number of aryl methyl sites for hydroxylation is 1. The Morgan fingerprint density at radius 1 is 1.20 bits per heavy atom. The monoisotopic (exact) mass is 334 g/mol. The van der Waals surface area contributed by atoms with Crippen molar-refractivity contribution in [3.8, 4) is 17.0 Å². The van der Waals surface area contributed by atoms with Crippen LogP contribution in [0.5, 0.6) is 5.75 Å². The van der Waals surface area contributed by atoms with E-state index in [1.807, 2.05) is 31.2 Å². The zero-order valence-electron chi connectivity index (χ0n) is 14.6. The van der Waals surface area contributed by atoms with Crippen LogP contribution in [0.25, 0.3) is 11.3 Å². The van der Waals surface area contributed by atoms with E-state index in [1.165, 1.54) is 11.3 Å². The van der Waals surface area contributed by atoms with Gasteiger partial charge in [-0.2, -0.15) is 5.10 Å². The molecule has 3 aromatic rings. The fraction of sp³-hybridized carbons (Fsp3) is 0.300. The van der Waals surface area contributed by atoms with Gasteiger partial charge in [-0.1, -0.05) is 18.2 Å². The number of aromatic amines is 1. The third-order valence-corrected chi connectivity index (χ3v) is 4.69. The predicted molar refractivity (Wildman–Crippen MR) is 97.4 cm³/mol. The second kappa shape index (κ2) is 6.69. The highest BCUT2D eigenvalue weighted by Gasteiger charge is 2.23. The maximum absolute atomic E-state index is 5.35. The molecule has 4 rings (SSSR count). The summed E-state index contributed by atoms with van der Waals surface area (Å²) in [6.45, 7) is 4.80. The second-order valence-corrected chi connectivity index (χ2v) is 6.49. The van der Waals surface area contributed by atoms with E-state index in [-0.39, 0.29) is 0 Å². The number of benzene rings is 1. The van der Waals surface area contributed by atoms with Crippen molar-refractivity contribution in [2.75, 3.05) is 13.7 Å². The van der Waals surface area contributed by atoms with E-state index in [9.17, 15) is 0 Å². The van der Waals surface area contributed by atoms with Crippen LogP contribution in [0.4, 0.5) is 0 Å². The van der Waals surface area contributed by atoms with Crippen molar-refractivity contribution in [2.24, 2.45) is 0 Å². The Labute approximate surface area is 147 Å². The number of hydrogen-bond donors (Lipinski definition) is 1. The van der Waals surface area contributed by atoms with Gasteiger partial charge in [0.05, 0.1) is 18.5 Å². The summed E-state index contributed by atoms with van der Waals surface area (Å²) < 4.78 is 5.35. The number of aromatic nitrogens is 3. The summed E-state index contributed by atoms with van der Waals surface area (Å²) in [5.41, 5.74) is 6.83. The van der Waals surface area contributed by atoms with Crippen molar-refractivity contribution in [3.05, 3.63) is 65.1 Å². The smallest absolute Gasteiger partial charge is 0.119 e. The van der Waals surface area contributed by atoms with E-state index in [1.54, 1.807) is 7.11 Å². The molecular formula is C20H22N4O. The lowest BCUT2D eigenvalue weighted by atomic mass is 10.0. The number of pyridine rings is 1. The molecule has 1 aromatic carbocycles. The topological polar surface area (TPSA) is 54.0 Å². The molecule has 0 atom stereocenters. The van der Waals surface area contributed by atoms with Gasteiger partial charge in [-0.15, -0.1) is 0 Å². The molecule has 0 radical (unpaired) electrons. The lowest BCUT2D eigenvalue weighted by molar-refractivity contribution is 0.242. The summed E-state index contributed by atoms with van der Waals surface area (Å²) in [5, 5.41) is 7.80. The average molecular weight is 334 g/mol. The number of nitrogens with one attached hydrogen (secondary N) is 1. The van der Waals surface area contributed by atoms with Crippen molar-refractivity contribution in [1.82, 2.24) is 20.1 Å². The molecule has 0 unspecified atom stereocenters. The summed E-state index contributed by atoms with van der Waals surface area (Å²) >= 11 is 0. The van der Waals surface area contributed by atoms with Crippen molar-refractivity contribution >= 4 is 0 Å². The Morgan fingerprint density at radius 3 is 2.92 bits per heavy atom. The fourth-order valence-electron chi connectivity index (χ4n) is 3.41. The highest BCUT2D eigenvalue weighted by atomic mass is 16.5. The van der Waals surface area contributed by atoms with Crippen LogP contribution in [0.15, 0.2) is 42.5 Å². The number of hydrogen-bond acceptors (Lipinski definition) is 4. The minimum absolute atomic E-state index is 0.853. The van der Waals surface area contributed by atoms with Gasteiger partial charge < -0.3 is 4.74 Å². The van der Waals surface area contributed by atoms with E-state index < -0.39 is 0 Å². The van der Waals surface area contributed by atoms with Crippen molar-refractivity contribution < 1.29 is 4.74 Å². The third-order valence-electron chi connectivity index (χ3n) is 4.69. The molecule has 5 nitrogen and oxygen atoms in total. The van der Waals surface area contributed by atoms with Gasteiger partial charge in [0.1, 0.15) is 5.75 Å². The first kappa shape index (κ1) is 15.8. The van der Waals surface area contributed by atoms with Gasteiger partial charge in [0.25, 0.3) is 0 Å². The maximum Gasteiger partial charge on any atom is 0.119 e.